The predicted octanol–water partition coefficient (Wildman–Crippen LogP) is 2.24. The Labute approximate surface area is 101 Å². The molecule has 90 valence electrons. The Morgan fingerprint density at radius 1 is 1.47 bits per heavy atom. The predicted molar refractivity (Wildman–Crippen MR) is 66.0 cm³/mol. The van der Waals surface area contributed by atoms with Gasteiger partial charge in [-0.2, -0.15) is 0 Å². The number of hydrogen-bond acceptors (Lipinski definition) is 3. The summed E-state index contributed by atoms with van der Waals surface area (Å²) >= 11 is 0. The molecular weight excluding hydrogens is 216 g/mol. The molecule has 1 aromatic rings. The van der Waals surface area contributed by atoms with Crippen LogP contribution in [-0.2, 0) is 4.74 Å². The topological polar surface area (TPSA) is 38.7 Å². The molecule has 1 aliphatic heterocycles. The van der Waals surface area contributed by atoms with Crippen molar-refractivity contribution in [3.63, 3.8) is 0 Å². The maximum atomic E-state index is 9.88. The molecule has 0 aliphatic carbocycles. The fourth-order valence-corrected chi connectivity index (χ4v) is 1.71. The quantitative estimate of drug-likeness (QED) is 0.812. The Balaban J connectivity index is 2.14. The summed E-state index contributed by atoms with van der Waals surface area (Å²) in [5, 5.41) is 9.88. The third kappa shape index (κ3) is 2.57. The summed E-state index contributed by atoms with van der Waals surface area (Å²) in [6, 6.07) is 7.68. The first-order valence-electron chi connectivity index (χ1n) is 5.48. The molecule has 0 saturated carbocycles. The van der Waals surface area contributed by atoms with Gasteiger partial charge in [-0.15, -0.1) is 0 Å². The van der Waals surface area contributed by atoms with Crippen LogP contribution in [0, 0.1) is 0 Å². The van der Waals surface area contributed by atoms with Crippen LogP contribution in [0.15, 0.2) is 49.1 Å². The summed E-state index contributed by atoms with van der Waals surface area (Å²) in [5.41, 5.74) is -0.00338. The van der Waals surface area contributed by atoms with Gasteiger partial charge in [-0.1, -0.05) is 30.9 Å². The van der Waals surface area contributed by atoms with Gasteiger partial charge in [0, 0.05) is 0 Å². The maximum Gasteiger partial charge on any atom is 0.124 e. The number of aliphatic hydroxyl groups is 1. The molecule has 0 amide bonds. The second kappa shape index (κ2) is 4.73. The summed E-state index contributed by atoms with van der Waals surface area (Å²) < 4.78 is 10.7. The van der Waals surface area contributed by atoms with E-state index in [2.05, 4.69) is 6.58 Å². The molecule has 0 aromatic heterocycles. The van der Waals surface area contributed by atoms with E-state index >= 15 is 0 Å². The molecule has 1 N–H and O–H groups in total. The van der Waals surface area contributed by atoms with E-state index in [0.29, 0.717) is 0 Å². The van der Waals surface area contributed by atoms with Crippen LogP contribution in [0.25, 0.3) is 0 Å². The lowest BCUT2D eigenvalue weighted by molar-refractivity contribution is -0.0220. The van der Waals surface area contributed by atoms with Crippen LogP contribution in [0.4, 0.5) is 0 Å². The van der Waals surface area contributed by atoms with Gasteiger partial charge >= 0.3 is 0 Å². The molecule has 2 rings (SSSR count). The Morgan fingerprint density at radius 3 is 2.65 bits per heavy atom. The van der Waals surface area contributed by atoms with Gasteiger partial charge in [0.1, 0.15) is 17.5 Å². The fraction of sp³-hybridized carbons (Fsp3) is 0.286. The van der Waals surface area contributed by atoms with E-state index in [1.165, 1.54) is 6.08 Å². The second-order valence-electron chi connectivity index (χ2n) is 4.06. The third-order valence-electron chi connectivity index (χ3n) is 2.85. The van der Waals surface area contributed by atoms with Gasteiger partial charge in [-0.25, -0.2) is 0 Å². The molecule has 2 atom stereocenters. The van der Waals surface area contributed by atoms with Crippen LogP contribution < -0.4 is 4.74 Å². The minimum atomic E-state index is -1.04. The zero-order chi connectivity index (χ0) is 12.3. The van der Waals surface area contributed by atoms with Crippen LogP contribution in [0.2, 0.25) is 0 Å². The largest absolute Gasteiger partial charge is 0.497 e. The first-order valence-corrected chi connectivity index (χ1v) is 5.48. The molecular formula is C14H16O3. The molecule has 0 bridgehead atoms. The van der Waals surface area contributed by atoms with E-state index < -0.39 is 5.60 Å². The summed E-state index contributed by atoms with van der Waals surface area (Å²) in [7, 11) is 1.64. The van der Waals surface area contributed by atoms with Crippen LogP contribution in [0.3, 0.4) is 0 Å². The van der Waals surface area contributed by atoms with E-state index in [1.54, 1.807) is 13.2 Å². The van der Waals surface area contributed by atoms with E-state index in [-0.39, 0.29) is 12.7 Å². The number of rotatable bonds is 3. The van der Waals surface area contributed by atoms with Crippen molar-refractivity contribution in [2.24, 2.45) is 0 Å². The van der Waals surface area contributed by atoms with Gasteiger partial charge in [0.2, 0.25) is 0 Å². The molecule has 1 aliphatic rings. The average molecular weight is 232 g/mol. The van der Waals surface area contributed by atoms with Crippen LogP contribution in [0.1, 0.15) is 11.7 Å². The highest BCUT2D eigenvalue weighted by atomic mass is 16.5. The Hall–Kier alpha value is -1.58. The second-order valence-corrected chi connectivity index (χ2v) is 4.06. The monoisotopic (exact) mass is 232 g/mol. The molecule has 0 spiro atoms. The summed E-state index contributed by atoms with van der Waals surface area (Å²) in [6.07, 6.45) is 4.92. The van der Waals surface area contributed by atoms with Crippen LogP contribution in [0.5, 0.6) is 5.75 Å². The highest BCUT2D eigenvalue weighted by Gasteiger charge is 2.26. The van der Waals surface area contributed by atoms with Gasteiger partial charge in [0.05, 0.1) is 13.7 Å². The lowest BCUT2D eigenvalue weighted by Crippen LogP contribution is -2.33. The Morgan fingerprint density at radius 2 is 2.18 bits per heavy atom. The van der Waals surface area contributed by atoms with Gasteiger partial charge in [-0.3, -0.25) is 0 Å². The first-order chi connectivity index (χ1) is 8.17. The lowest BCUT2D eigenvalue weighted by Gasteiger charge is -2.28. The molecule has 0 unspecified atom stereocenters. The maximum absolute atomic E-state index is 9.88. The standard InChI is InChI=1S/C14H16O3/c1-3-14(15)9-8-13(17-10-14)11-4-6-12(16-2)7-5-11/h3-9,13,15H,1,10H2,2H3/t13-,14+/m0/s1. The van der Waals surface area contributed by atoms with Crippen molar-refractivity contribution < 1.29 is 14.6 Å². The van der Waals surface area contributed by atoms with Crippen molar-refractivity contribution >= 4 is 0 Å². The van der Waals surface area contributed by atoms with Gasteiger partial charge in [0.25, 0.3) is 0 Å². The molecule has 1 aromatic carbocycles. The Kier molecular flexibility index (Phi) is 3.31. The summed E-state index contributed by atoms with van der Waals surface area (Å²) in [4.78, 5) is 0. The minimum Gasteiger partial charge on any atom is -0.497 e. The summed E-state index contributed by atoms with van der Waals surface area (Å²) in [5.74, 6) is 0.816. The number of ether oxygens (including phenoxy) is 2. The van der Waals surface area contributed by atoms with Gasteiger partial charge in [-0.05, 0) is 23.8 Å². The Bertz CT molecular complexity index is 422. The van der Waals surface area contributed by atoms with Gasteiger partial charge < -0.3 is 14.6 Å². The first kappa shape index (κ1) is 11.9. The molecule has 3 nitrogen and oxygen atoms in total. The van der Waals surface area contributed by atoms with Crippen molar-refractivity contribution in [1.82, 2.24) is 0 Å². The number of benzene rings is 1. The smallest absolute Gasteiger partial charge is 0.124 e. The van der Waals surface area contributed by atoms with E-state index in [0.717, 1.165) is 11.3 Å². The highest BCUT2D eigenvalue weighted by Crippen LogP contribution is 2.28. The molecule has 1 heterocycles. The van der Waals surface area contributed by atoms with E-state index in [9.17, 15) is 5.11 Å². The van der Waals surface area contributed by atoms with Crippen molar-refractivity contribution in [2.45, 2.75) is 11.7 Å². The lowest BCUT2D eigenvalue weighted by atomic mass is 9.99. The molecule has 17 heavy (non-hydrogen) atoms. The number of hydrogen-bond donors (Lipinski definition) is 1. The van der Waals surface area contributed by atoms with Crippen LogP contribution >= 0.6 is 0 Å². The third-order valence-corrected chi connectivity index (χ3v) is 2.85. The van der Waals surface area contributed by atoms with Crippen molar-refractivity contribution in [2.75, 3.05) is 13.7 Å². The zero-order valence-electron chi connectivity index (χ0n) is 9.80. The zero-order valence-corrected chi connectivity index (χ0v) is 9.80. The minimum absolute atomic E-state index is 0.124. The molecule has 0 fully saturated rings. The molecule has 0 saturated heterocycles. The van der Waals surface area contributed by atoms with Gasteiger partial charge in [0.15, 0.2) is 0 Å². The summed E-state index contributed by atoms with van der Waals surface area (Å²) in [6.45, 7) is 3.80. The van der Waals surface area contributed by atoms with Crippen molar-refractivity contribution in [3.05, 3.63) is 54.6 Å². The van der Waals surface area contributed by atoms with Crippen molar-refractivity contribution in [3.8, 4) is 5.75 Å². The van der Waals surface area contributed by atoms with Crippen LogP contribution in [-0.4, -0.2) is 24.4 Å². The molecule has 3 heteroatoms. The normalized spacial score (nSPS) is 27.8. The van der Waals surface area contributed by atoms with E-state index in [4.69, 9.17) is 9.47 Å². The molecule has 0 radical (unpaired) electrons. The SMILES string of the molecule is C=C[C@@]1(O)C=C[C@@H](c2ccc(OC)cc2)OC1. The highest BCUT2D eigenvalue weighted by molar-refractivity contribution is 5.31. The fourth-order valence-electron chi connectivity index (χ4n) is 1.71. The van der Waals surface area contributed by atoms with E-state index in [1.807, 2.05) is 30.3 Å². The number of methoxy groups -OCH3 is 1. The van der Waals surface area contributed by atoms with Crippen molar-refractivity contribution in [1.29, 1.82) is 0 Å². The average Bonchev–Trinajstić information content (AvgIpc) is 2.40.